The van der Waals surface area contributed by atoms with Crippen LogP contribution < -0.4 is 0 Å². The summed E-state index contributed by atoms with van der Waals surface area (Å²) in [5, 5.41) is 0. The van der Waals surface area contributed by atoms with Gasteiger partial charge in [-0.15, -0.1) is 0 Å². The zero-order valence-corrected chi connectivity index (χ0v) is 12.2. The van der Waals surface area contributed by atoms with Crippen molar-refractivity contribution in [2.75, 3.05) is 19.5 Å². The van der Waals surface area contributed by atoms with E-state index in [1.54, 1.807) is 6.92 Å². The average molecular weight is 292 g/mol. The van der Waals surface area contributed by atoms with Crippen molar-refractivity contribution < 1.29 is 17.9 Å². The minimum atomic E-state index is -1.11. The fraction of sp³-hybridized carbons (Fsp3) is 0.786. The zero-order valence-electron chi connectivity index (χ0n) is 11.4. The molecule has 0 aliphatic rings. The Balaban J connectivity index is 0. The van der Waals surface area contributed by atoms with Crippen molar-refractivity contribution in [2.24, 2.45) is 0 Å². The molecule has 0 amide bonds. The van der Waals surface area contributed by atoms with Crippen LogP contribution in [0.25, 0.3) is 0 Å². The number of carbonyl (C=O) groups excluding carboxylic acids is 1. The van der Waals surface area contributed by atoms with E-state index in [9.17, 15) is 9.00 Å². The van der Waals surface area contributed by atoms with Crippen LogP contribution in [0.15, 0.2) is 12.2 Å². The minimum Gasteiger partial charge on any atom is -0.462 e. The Kier molecular flexibility index (Phi) is 14.9. The lowest BCUT2D eigenvalue weighted by atomic mass is 10.1. The molecule has 0 aromatic carbocycles. The van der Waals surface area contributed by atoms with E-state index in [0.717, 1.165) is 38.5 Å². The largest absolute Gasteiger partial charge is 0.462 e. The molecule has 19 heavy (non-hydrogen) atoms. The Morgan fingerprint density at radius 2 is 1.63 bits per heavy atom. The quantitative estimate of drug-likeness (QED) is 0.333. The minimum absolute atomic E-state index is 0. The first-order valence-electron chi connectivity index (χ1n) is 6.33. The number of hydrogen-bond donors (Lipinski definition) is 0. The molecule has 1 unspecified atom stereocenters. The van der Waals surface area contributed by atoms with Gasteiger partial charge in [0.2, 0.25) is 0 Å². The van der Waals surface area contributed by atoms with Crippen molar-refractivity contribution in [2.45, 2.75) is 52.9 Å². The third-order valence-electron chi connectivity index (χ3n) is 2.47. The molecular weight excluding hydrogens is 264 g/mol. The molecule has 114 valence electrons. The van der Waals surface area contributed by atoms with Crippen molar-refractivity contribution in [1.29, 1.82) is 0 Å². The summed E-state index contributed by atoms with van der Waals surface area (Å²) in [7, 11) is 1.46. The molecule has 0 aromatic heterocycles. The predicted octanol–water partition coefficient (Wildman–Crippen LogP) is 3.39. The first-order valence-corrected chi connectivity index (χ1v) is 7.57. The second kappa shape index (κ2) is 13.7. The molecule has 0 spiro atoms. The van der Waals surface area contributed by atoms with Crippen LogP contribution in [0.3, 0.4) is 0 Å². The standard InChI is InChI=1S/C13H24O4S.CH4/c1-12(2)13(14)17-10-8-6-4-5-7-9-11-18(15)16-3;/h1,4-11H2,2-3H3;1H4. The van der Waals surface area contributed by atoms with Crippen LogP contribution in [0.5, 0.6) is 0 Å². The molecular formula is C14H28O4S. The van der Waals surface area contributed by atoms with Gasteiger partial charge in [0.1, 0.15) is 0 Å². The van der Waals surface area contributed by atoms with Crippen LogP contribution in [0, 0.1) is 0 Å². The topological polar surface area (TPSA) is 52.6 Å². The highest BCUT2D eigenvalue weighted by atomic mass is 32.2. The van der Waals surface area contributed by atoms with Crippen LogP contribution in [0.4, 0.5) is 0 Å². The summed E-state index contributed by atoms with van der Waals surface area (Å²) in [6.07, 6.45) is 6.19. The van der Waals surface area contributed by atoms with Gasteiger partial charge in [-0.1, -0.05) is 39.7 Å². The van der Waals surface area contributed by atoms with E-state index < -0.39 is 11.1 Å². The Bertz CT molecular complexity index is 277. The van der Waals surface area contributed by atoms with E-state index in [4.69, 9.17) is 4.74 Å². The molecule has 0 saturated carbocycles. The second-order valence-electron chi connectivity index (χ2n) is 4.21. The summed E-state index contributed by atoms with van der Waals surface area (Å²) in [5.41, 5.74) is 0.446. The lowest BCUT2D eigenvalue weighted by Crippen LogP contribution is -2.06. The lowest BCUT2D eigenvalue weighted by molar-refractivity contribution is -0.139. The number of esters is 1. The van der Waals surface area contributed by atoms with Crippen LogP contribution in [0.2, 0.25) is 0 Å². The molecule has 0 aliphatic carbocycles. The highest BCUT2D eigenvalue weighted by molar-refractivity contribution is 7.80. The molecule has 0 rings (SSSR count). The van der Waals surface area contributed by atoms with E-state index >= 15 is 0 Å². The van der Waals surface area contributed by atoms with E-state index in [0.29, 0.717) is 17.9 Å². The maximum atomic E-state index is 11.0. The molecule has 0 heterocycles. The summed E-state index contributed by atoms with van der Waals surface area (Å²) in [6, 6.07) is 0. The first-order chi connectivity index (χ1) is 8.57. The summed E-state index contributed by atoms with van der Waals surface area (Å²) >= 11 is -1.11. The molecule has 5 heteroatoms. The second-order valence-corrected chi connectivity index (χ2v) is 5.56. The lowest BCUT2D eigenvalue weighted by Gasteiger charge is -2.04. The van der Waals surface area contributed by atoms with Gasteiger partial charge in [-0.2, -0.15) is 0 Å². The number of ether oxygens (including phenoxy) is 1. The Morgan fingerprint density at radius 3 is 2.16 bits per heavy atom. The van der Waals surface area contributed by atoms with Gasteiger partial charge in [0.05, 0.1) is 13.7 Å². The van der Waals surface area contributed by atoms with Crippen LogP contribution in [0.1, 0.15) is 52.9 Å². The molecule has 1 atom stereocenters. The van der Waals surface area contributed by atoms with E-state index in [1.807, 2.05) is 0 Å². The fourth-order valence-electron chi connectivity index (χ4n) is 1.40. The van der Waals surface area contributed by atoms with Crippen LogP contribution >= 0.6 is 0 Å². The van der Waals surface area contributed by atoms with Gasteiger partial charge < -0.3 is 4.74 Å². The normalized spacial score (nSPS) is 11.5. The monoisotopic (exact) mass is 292 g/mol. The summed E-state index contributed by atoms with van der Waals surface area (Å²) < 4.78 is 20.6. The molecule has 0 fully saturated rings. The zero-order chi connectivity index (χ0) is 13.8. The molecule has 4 nitrogen and oxygen atoms in total. The van der Waals surface area contributed by atoms with Gasteiger partial charge in [-0.25, -0.2) is 9.00 Å². The Hall–Kier alpha value is -0.680. The van der Waals surface area contributed by atoms with Crippen molar-refractivity contribution in [1.82, 2.24) is 0 Å². The van der Waals surface area contributed by atoms with Crippen molar-refractivity contribution in [3.63, 3.8) is 0 Å². The highest BCUT2D eigenvalue weighted by Gasteiger charge is 2.01. The summed E-state index contributed by atoms with van der Waals surface area (Å²) in [5.74, 6) is 0.309. The SMILES string of the molecule is C.C=C(C)C(=O)OCCCCCCCCS(=O)OC. The van der Waals surface area contributed by atoms with Gasteiger partial charge >= 0.3 is 5.97 Å². The van der Waals surface area contributed by atoms with Crippen molar-refractivity contribution >= 4 is 17.0 Å². The smallest absolute Gasteiger partial charge is 0.333 e. The third-order valence-corrected chi connectivity index (χ3v) is 3.47. The Labute approximate surface area is 120 Å². The predicted molar refractivity (Wildman–Crippen MR) is 80.2 cm³/mol. The van der Waals surface area contributed by atoms with Gasteiger partial charge in [0.15, 0.2) is 11.1 Å². The fourth-order valence-corrected chi connectivity index (χ4v) is 2.01. The van der Waals surface area contributed by atoms with Gasteiger partial charge in [-0.3, -0.25) is 4.18 Å². The highest BCUT2D eigenvalue weighted by Crippen LogP contribution is 2.06. The van der Waals surface area contributed by atoms with E-state index in [-0.39, 0.29) is 13.4 Å². The van der Waals surface area contributed by atoms with Gasteiger partial charge in [0, 0.05) is 11.3 Å². The number of hydrogen-bond acceptors (Lipinski definition) is 4. The van der Waals surface area contributed by atoms with Crippen molar-refractivity contribution in [3.05, 3.63) is 12.2 Å². The molecule has 0 aliphatic heterocycles. The average Bonchev–Trinajstić information content (AvgIpc) is 2.35. The molecule has 0 N–H and O–H groups in total. The summed E-state index contributed by atoms with van der Waals surface area (Å²) in [4.78, 5) is 11.0. The third kappa shape index (κ3) is 13.6. The molecule has 0 aromatic rings. The maximum Gasteiger partial charge on any atom is 0.333 e. The van der Waals surface area contributed by atoms with E-state index in [2.05, 4.69) is 10.8 Å². The Morgan fingerprint density at radius 1 is 1.11 bits per heavy atom. The maximum absolute atomic E-state index is 11.0. The van der Waals surface area contributed by atoms with Crippen LogP contribution in [-0.4, -0.2) is 29.6 Å². The summed E-state index contributed by atoms with van der Waals surface area (Å²) in [6.45, 7) is 5.63. The van der Waals surface area contributed by atoms with Gasteiger partial charge in [-0.05, 0) is 19.8 Å². The number of unbranched alkanes of at least 4 members (excludes halogenated alkanes) is 5. The first kappa shape index (κ1) is 20.6. The van der Waals surface area contributed by atoms with E-state index in [1.165, 1.54) is 7.11 Å². The number of rotatable bonds is 11. The van der Waals surface area contributed by atoms with Crippen molar-refractivity contribution in [3.8, 4) is 0 Å². The molecule has 0 radical (unpaired) electrons. The van der Waals surface area contributed by atoms with Crippen LogP contribution in [-0.2, 0) is 24.8 Å². The van der Waals surface area contributed by atoms with Gasteiger partial charge in [0.25, 0.3) is 0 Å². The molecule has 0 bridgehead atoms. The molecule has 0 saturated heterocycles. The number of carbonyl (C=O) groups is 1.